The molecule has 4 bridgehead atoms. The van der Waals surface area contributed by atoms with Crippen LogP contribution in [0.15, 0.2) is 12.2 Å². The van der Waals surface area contributed by atoms with E-state index in [1.54, 1.807) is 6.92 Å². The fourth-order valence-corrected chi connectivity index (χ4v) is 5.73. The monoisotopic (exact) mass is 293 g/mol. The molecule has 4 heteroatoms. The summed E-state index contributed by atoms with van der Waals surface area (Å²) >= 11 is 0. The normalized spacial score (nSPS) is 47.5. The zero-order valence-corrected chi connectivity index (χ0v) is 13.4. The molecule has 4 fully saturated rings. The number of amides is 1. The van der Waals surface area contributed by atoms with Gasteiger partial charge in [-0.3, -0.25) is 4.79 Å². The Morgan fingerprint density at radius 2 is 1.95 bits per heavy atom. The van der Waals surface area contributed by atoms with E-state index in [0.29, 0.717) is 30.9 Å². The molecule has 4 nitrogen and oxygen atoms in total. The first-order valence-electron chi connectivity index (χ1n) is 8.08. The number of rotatable bonds is 3. The van der Waals surface area contributed by atoms with Gasteiger partial charge in [-0.05, 0) is 45.4 Å². The van der Waals surface area contributed by atoms with Gasteiger partial charge in [0, 0.05) is 24.5 Å². The number of likely N-dealkylation sites (N-methyl/N-ethyl adjacent to an activating group) is 1. The standard InChI is InChI=1S/C17H27NO3/c1-5-18(14(19)11(2)3)16-7-13-6-15(20,9-16)10-17(21,8-13)12(16)4/h12-13,20-21H,2,5-10H2,1,3-4H3. The minimum atomic E-state index is -0.836. The fourth-order valence-electron chi connectivity index (χ4n) is 5.73. The lowest BCUT2D eigenvalue weighted by atomic mass is 9.45. The zero-order chi connectivity index (χ0) is 15.6. The van der Waals surface area contributed by atoms with Crippen LogP contribution in [0.3, 0.4) is 0 Å². The minimum Gasteiger partial charge on any atom is -0.390 e. The van der Waals surface area contributed by atoms with Gasteiger partial charge in [0.15, 0.2) is 0 Å². The van der Waals surface area contributed by atoms with Crippen molar-refractivity contribution in [2.24, 2.45) is 11.8 Å². The van der Waals surface area contributed by atoms with Crippen LogP contribution in [0.5, 0.6) is 0 Å². The first kappa shape index (κ1) is 15.0. The molecule has 2 N–H and O–H groups in total. The molecule has 0 spiro atoms. The van der Waals surface area contributed by atoms with Crippen LogP contribution in [0.4, 0.5) is 0 Å². The largest absolute Gasteiger partial charge is 0.390 e. The van der Waals surface area contributed by atoms with Crippen LogP contribution in [0.25, 0.3) is 0 Å². The Kier molecular flexibility index (Phi) is 3.10. The van der Waals surface area contributed by atoms with E-state index in [1.807, 2.05) is 11.8 Å². The Morgan fingerprint density at radius 1 is 1.29 bits per heavy atom. The molecule has 0 heterocycles. The molecule has 0 aliphatic heterocycles. The lowest BCUT2D eigenvalue weighted by Gasteiger charge is -2.69. The van der Waals surface area contributed by atoms with Gasteiger partial charge in [0.2, 0.25) is 5.91 Å². The summed E-state index contributed by atoms with van der Waals surface area (Å²) in [6.07, 6.45) is 3.47. The van der Waals surface area contributed by atoms with Crippen molar-refractivity contribution < 1.29 is 15.0 Å². The van der Waals surface area contributed by atoms with Crippen LogP contribution >= 0.6 is 0 Å². The van der Waals surface area contributed by atoms with Crippen molar-refractivity contribution in [2.45, 2.75) is 69.6 Å². The second-order valence-corrected chi connectivity index (χ2v) is 7.81. The molecule has 4 aliphatic rings. The van der Waals surface area contributed by atoms with Crippen molar-refractivity contribution in [1.29, 1.82) is 0 Å². The summed E-state index contributed by atoms with van der Waals surface area (Å²) < 4.78 is 0. The van der Waals surface area contributed by atoms with Crippen molar-refractivity contribution in [2.75, 3.05) is 6.54 Å². The van der Waals surface area contributed by atoms with Crippen molar-refractivity contribution >= 4 is 5.91 Å². The van der Waals surface area contributed by atoms with Crippen LogP contribution in [0.2, 0.25) is 0 Å². The van der Waals surface area contributed by atoms with Crippen molar-refractivity contribution in [3.05, 3.63) is 12.2 Å². The lowest BCUT2D eigenvalue weighted by Crippen LogP contribution is -2.75. The Hall–Kier alpha value is -0.870. The maximum Gasteiger partial charge on any atom is 0.249 e. The Labute approximate surface area is 126 Å². The number of aliphatic hydroxyl groups is 2. The molecule has 4 aliphatic carbocycles. The maximum absolute atomic E-state index is 12.6. The predicted molar refractivity (Wildman–Crippen MR) is 80.6 cm³/mol. The molecule has 0 radical (unpaired) electrons. The molecular formula is C17H27NO3. The molecule has 4 rings (SSSR count). The highest BCUT2D eigenvalue weighted by Crippen LogP contribution is 2.63. The van der Waals surface area contributed by atoms with Crippen LogP contribution < -0.4 is 0 Å². The first-order chi connectivity index (χ1) is 9.66. The molecule has 4 saturated carbocycles. The highest BCUT2D eigenvalue weighted by molar-refractivity contribution is 5.92. The van der Waals surface area contributed by atoms with Gasteiger partial charge in [-0.25, -0.2) is 0 Å². The minimum absolute atomic E-state index is 0.00919. The highest BCUT2D eigenvalue weighted by Gasteiger charge is 2.68. The second-order valence-electron chi connectivity index (χ2n) is 7.81. The molecule has 5 unspecified atom stereocenters. The molecule has 1 amide bonds. The summed E-state index contributed by atoms with van der Waals surface area (Å²) in [6, 6.07) is 0. The van der Waals surface area contributed by atoms with Crippen LogP contribution in [-0.4, -0.2) is 44.3 Å². The van der Waals surface area contributed by atoms with E-state index in [2.05, 4.69) is 13.5 Å². The average Bonchev–Trinajstić information content (AvgIpc) is 2.34. The third-order valence-electron chi connectivity index (χ3n) is 6.30. The Balaban J connectivity index is 2.06. The lowest BCUT2D eigenvalue weighted by molar-refractivity contribution is -0.262. The number of carbonyl (C=O) groups is 1. The van der Waals surface area contributed by atoms with Gasteiger partial charge in [0.1, 0.15) is 0 Å². The Morgan fingerprint density at radius 3 is 2.48 bits per heavy atom. The molecule has 5 atom stereocenters. The smallest absolute Gasteiger partial charge is 0.249 e. The van der Waals surface area contributed by atoms with Gasteiger partial charge in [-0.2, -0.15) is 0 Å². The van der Waals surface area contributed by atoms with E-state index in [4.69, 9.17) is 0 Å². The predicted octanol–water partition coefficient (Wildman–Crippen LogP) is 1.86. The SMILES string of the molecule is C=C(C)C(=O)N(CC)C12CC3CC(O)(CC(O)(C3)C1C)C2. The molecule has 118 valence electrons. The van der Waals surface area contributed by atoms with Crippen molar-refractivity contribution in [3.8, 4) is 0 Å². The van der Waals surface area contributed by atoms with E-state index in [9.17, 15) is 15.0 Å². The summed E-state index contributed by atoms with van der Waals surface area (Å²) in [7, 11) is 0. The van der Waals surface area contributed by atoms with Crippen molar-refractivity contribution in [3.63, 3.8) is 0 Å². The van der Waals surface area contributed by atoms with E-state index >= 15 is 0 Å². The molecule has 0 saturated heterocycles. The van der Waals surface area contributed by atoms with Gasteiger partial charge < -0.3 is 15.1 Å². The van der Waals surface area contributed by atoms with E-state index < -0.39 is 16.7 Å². The summed E-state index contributed by atoms with van der Waals surface area (Å²) in [4.78, 5) is 14.5. The number of nitrogens with zero attached hydrogens (tertiary/aromatic N) is 1. The molecule has 21 heavy (non-hydrogen) atoms. The van der Waals surface area contributed by atoms with Gasteiger partial charge in [0.25, 0.3) is 0 Å². The van der Waals surface area contributed by atoms with E-state index in [0.717, 1.165) is 19.3 Å². The zero-order valence-electron chi connectivity index (χ0n) is 13.4. The quantitative estimate of drug-likeness (QED) is 0.781. The number of carbonyl (C=O) groups excluding carboxylic acids is 1. The molecule has 0 aromatic heterocycles. The number of hydrogen-bond acceptors (Lipinski definition) is 3. The fraction of sp³-hybridized carbons (Fsp3) is 0.824. The maximum atomic E-state index is 12.6. The second kappa shape index (κ2) is 4.32. The first-order valence-corrected chi connectivity index (χ1v) is 8.08. The van der Waals surface area contributed by atoms with Crippen LogP contribution in [0, 0.1) is 11.8 Å². The summed E-state index contributed by atoms with van der Waals surface area (Å²) in [5.41, 5.74) is -1.55. The number of hydrogen-bond donors (Lipinski definition) is 2. The van der Waals surface area contributed by atoms with Gasteiger partial charge in [-0.1, -0.05) is 13.5 Å². The average molecular weight is 293 g/mol. The van der Waals surface area contributed by atoms with E-state index in [-0.39, 0.29) is 11.8 Å². The van der Waals surface area contributed by atoms with Crippen molar-refractivity contribution in [1.82, 2.24) is 4.90 Å². The van der Waals surface area contributed by atoms with Gasteiger partial charge in [-0.15, -0.1) is 0 Å². The van der Waals surface area contributed by atoms with Crippen LogP contribution in [0.1, 0.15) is 52.9 Å². The Bertz CT molecular complexity index is 504. The van der Waals surface area contributed by atoms with Crippen LogP contribution in [-0.2, 0) is 4.79 Å². The third-order valence-corrected chi connectivity index (χ3v) is 6.30. The molecular weight excluding hydrogens is 266 g/mol. The van der Waals surface area contributed by atoms with E-state index in [1.165, 1.54) is 0 Å². The molecule has 0 aromatic carbocycles. The summed E-state index contributed by atoms with van der Waals surface area (Å²) in [5.74, 6) is 0.259. The van der Waals surface area contributed by atoms with Gasteiger partial charge in [0.05, 0.1) is 16.7 Å². The summed E-state index contributed by atoms with van der Waals surface area (Å²) in [6.45, 7) is 10.1. The summed E-state index contributed by atoms with van der Waals surface area (Å²) in [5, 5.41) is 21.9. The molecule has 0 aromatic rings. The highest BCUT2D eigenvalue weighted by atomic mass is 16.3. The topological polar surface area (TPSA) is 60.8 Å². The third kappa shape index (κ3) is 1.92. The van der Waals surface area contributed by atoms with Gasteiger partial charge >= 0.3 is 0 Å².